The summed E-state index contributed by atoms with van der Waals surface area (Å²) >= 11 is 0. The minimum atomic E-state index is -0.164. The van der Waals surface area contributed by atoms with Crippen LogP contribution in [0.1, 0.15) is 85.0 Å². The second kappa shape index (κ2) is 13.6. The highest BCUT2D eigenvalue weighted by Crippen LogP contribution is 2.17. The van der Waals surface area contributed by atoms with Crippen molar-refractivity contribution < 1.29 is 9.53 Å². The first-order valence-electron chi connectivity index (χ1n) is 8.10. The van der Waals surface area contributed by atoms with Crippen molar-refractivity contribution in [3.05, 3.63) is 11.6 Å². The largest absolute Gasteiger partial charge is 0.463 e. The summed E-state index contributed by atoms with van der Waals surface area (Å²) in [7, 11) is 0. The Morgan fingerprint density at radius 3 is 1.95 bits per heavy atom. The molecule has 19 heavy (non-hydrogen) atoms. The Morgan fingerprint density at radius 1 is 0.842 bits per heavy atom. The van der Waals surface area contributed by atoms with Gasteiger partial charge in [0.2, 0.25) is 0 Å². The lowest BCUT2D eigenvalue weighted by Gasteiger charge is -2.07. The first-order valence-corrected chi connectivity index (χ1v) is 8.10. The Bertz CT molecular complexity index is 244. The van der Waals surface area contributed by atoms with Crippen molar-refractivity contribution in [2.24, 2.45) is 0 Å². The molecule has 0 bridgehead atoms. The van der Waals surface area contributed by atoms with E-state index in [9.17, 15) is 4.79 Å². The van der Waals surface area contributed by atoms with Gasteiger partial charge in [0.05, 0.1) is 6.61 Å². The van der Waals surface area contributed by atoms with Gasteiger partial charge in [0.25, 0.3) is 0 Å². The van der Waals surface area contributed by atoms with Crippen LogP contribution in [0.4, 0.5) is 0 Å². The van der Waals surface area contributed by atoms with Crippen LogP contribution in [0.5, 0.6) is 0 Å². The van der Waals surface area contributed by atoms with Gasteiger partial charge in [-0.15, -0.1) is 0 Å². The van der Waals surface area contributed by atoms with Crippen LogP contribution in [0.15, 0.2) is 11.6 Å². The van der Waals surface area contributed by atoms with Crippen molar-refractivity contribution in [2.45, 2.75) is 85.0 Å². The standard InChI is InChI=1S/C17H32O2/c1-4-7-9-10-12-14-16(13-11-8-5-2)15-17(18)19-6-3/h15H,4-14H2,1-3H3/b16-15+. The van der Waals surface area contributed by atoms with Gasteiger partial charge in [-0.3, -0.25) is 0 Å². The Hall–Kier alpha value is -0.790. The van der Waals surface area contributed by atoms with E-state index in [2.05, 4.69) is 13.8 Å². The third-order valence-corrected chi connectivity index (χ3v) is 3.31. The van der Waals surface area contributed by atoms with Gasteiger partial charge in [-0.05, 0) is 32.6 Å². The fourth-order valence-electron chi connectivity index (χ4n) is 2.18. The van der Waals surface area contributed by atoms with E-state index in [0.717, 1.165) is 12.8 Å². The molecule has 0 aliphatic carbocycles. The SMILES string of the molecule is CCCCCCC/C(=C/C(=O)OCC)CCCCC. The zero-order chi connectivity index (χ0) is 14.3. The molecule has 0 aromatic rings. The first-order chi connectivity index (χ1) is 9.24. The topological polar surface area (TPSA) is 26.3 Å². The summed E-state index contributed by atoms with van der Waals surface area (Å²) in [6, 6.07) is 0. The average Bonchev–Trinajstić information content (AvgIpc) is 2.38. The molecule has 0 radical (unpaired) electrons. The lowest BCUT2D eigenvalue weighted by Crippen LogP contribution is -2.01. The van der Waals surface area contributed by atoms with Gasteiger partial charge in [-0.1, -0.05) is 57.9 Å². The minimum Gasteiger partial charge on any atom is -0.463 e. The van der Waals surface area contributed by atoms with Gasteiger partial charge < -0.3 is 4.74 Å². The molecule has 0 aliphatic heterocycles. The number of ether oxygens (including phenoxy) is 1. The summed E-state index contributed by atoms with van der Waals surface area (Å²) in [5.74, 6) is -0.164. The fraction of sp³-hybridized carbons (Fsp3) is 0.824. The molecule has 0 heterocycles. The van der Waals surface area contributed by atoms with Crippen LogP contribution < -0.4 is 0 Å². The summed E-state index contributed by atoms with van der Waals surface area (Å²) < 4.78 is 5.01. The monoisotopic (exact) mass is 268 g/mol. The Balaban J connectivity index is 4.05. The van der Waals surface area contributed by atoms with Crippen LogP contribution in [-0.4, -0.2) is 12.6 Å². The molecular weight excluding hydrogens is 236 g/mol. The van der Waals surface area contributed by atoms with Crippen LogP contribution in [0, 0.1) is 0 Å². The number of allylic oxidation sites excluding steroid dienone is 1. The van der Waals surface area contributed by atoms with Gasteiger partial charge in [-0.25, -0.2) is 4.79 Å². The quantitative estimate of drug-likeness (QED) is 0.268. The lowest BCUT2D eigenvalue weighted by molar-refractivity contribution is -0.137. The maximum Gasteiger partial charge on any atom is 0.330 e. The number of carbonyl (C=O) groups is 1. The highest BCUT2D eigenvalue weighted by molar-refractivity contribution is 5.82. The van der Waals surface area contributed by atoms with Gasteiger partial charge in [0.1, 0.15) is 0 Å². The molecule has 0 atom stereocenters. The fourth-order valence-corrected chi connectivity index (χ4v) is 2.18. The molecule has 0 saturated carbocycles. The second-order valence-electron chi connectivity index (χ2n) is 5.18. The third-order valence-electron chi connectivity index (χ3n) is 3.31. The molecule has 2 heteroatoms. The Morgan fingerprint density at radius 2 is 1.37 bits per heavy atom. The van der Waals surface area contributed by atoms with E-state index in [4.69, 9.17) is 4.74 Å². The molecule has 0 aromatic heterocycles. The summed E-state index contributed by atoms with van der Waals surface area (Å²) in [4.78, 5) is 11.5. The Labute approximate surface area is 119 Å². The predicted octanol–water partition coefficient (Wildman–Crippen LogP) is 5.42. The smallest absolute Gasteiger partial charge is 0.330 e. The van der Waals surface area contributed by atoms with Crippen molar-refractivity contribution in [1.82, 2.24) is 0 Å². The van der Waals surface area contributed by atoms with E-state index in [1.807, 2.05) is 6.92 Å². The Kier molecular flexibility index (Phi) is 13.1. The summed E-state index contributed by atoms with van der Waals surface area (Å²) in [6.07, 6.45) is 13.9. The number of rotatable bonds is 12. The number of carbonyl (C=O) groups excluding carboxylic acids is 1. The molecule has 0 N–H and O–H groups in total. The summed E-state index contributed by atoms with van der Waals surface area (Å²) in [5, 5.41) is 0. The molecule has 0 aromatic carbocycles. The van der Waals surface area contributed by atoms with Crippen LogP contribution in [0.2, 0.25) is 0 Å². The molecule has 0 saturated heterocycles. The lowest BCUT2D eigenvalue weighted by atomic mass is 10.00. The minimum absolute atomic E-state index is 0.164. The van der Waals surface area contributed by atoms with E-state index >= 15 is 0 Å². The number of hydrogen-bond donors (Lipinski definition) is 0. The molecule has 0 spiro atoms. The van der Waals surface area contributed by atoms with E-state index in [-0.39, 0.29) is 5.97 Å². The van der Waals surface area contributed by atoms with Crippen molar-refractivity contribution in [1.29, 1.82) is 0 Å². The maximum atomic E-state index is 11.5. The van der Waals surface area contributed by atoms with Gasteiger partial charge >= 0.3 is 5.97 Å². The normalized spacial score (nSPS) is 11.6. The first kappa shape index (κ1) is 18.2. The van der Waals surface area contributed by atoms with Crippen LogP contribution in [-0.2, 0) is 9.53 Å². The molecule has 0 fully saturated rings. The van der Waals surface area contributed by atoms with Gasteiger partial charge in [-0.2, -0.15) is 0 Å². The van der Waals surface area contributed by atoms with Crippen LogP contribution in [0.3, 0.4) is 0 Å². The molecule has 2 nitrogen and oxygen atoms in total. The second-order valence-corrected chi connectivity index (χ2v) is 5.18. The number of hydrogen-bond acceptors (Lipinski definition) is 2. The van der Waals surface area contributed by atoms with Gasteiger partial charge in [0, 0.05) is 6.08 Å². The zero-order valence-corrected chi connectivity index (χ0v) is 13.2. The molecule has 0 unspecified atom stereocenters. The number of esters is 1. The van der Waals surface area contributed by atoms with Crippen molar-refractivity contribution in [3.8, 4) is 0 Å². The molecule has 112 valence electrons. The van der Waals surface area contributed by atoms with Crippen molar-refractivity contribution >= 4 is 5.97 Å². The molecule has 0 rings (SSSR count). The van der Waals surface area contributed by atoms with Crippen molar-refractivity contribution in [3.63, 3.8) is 0 Å². The molecule has 0 aliphatic rings. The highest BCUT2D eigenvalue weighted by Gasteiger charge is 2.03. The average molecular weight is 268 g/mol. The van der Waals surface area contributed by atoms with Crippen molar-refractivity contribution in [2.75, 3.05) is 6.61 Å². The molecule has 0 amide bonds. The number of unbranched alkanes of at least 4 members (excludes halogenated alkanes) is 6. The zero-order valence-electron chi connectivity index (χ0n) is 13.2. The predicted molar refractivity (Wildman–Crippen MR) is 82.2 cm³/mol. The van der Waals surface area contributed by atoms with Gasteiger partial charge in [0.15, 0.2) is 0 Å². The van der Waals surface area contributed by atoms with Crippen LogP contribution in [0.25, 0.3) is 0 Å². The van der Waals surface area contributed by atoms with E-state index < -0.39 is 0 Å². The van der Waals surface area contributed by atoms with E-state index in [1.54, 1.807) is 6.08 Å². The summed E-state index contributed by atoms with van der Waals surface area (Å²) in [5.41, 5.74) is 1.28. The molecular formula is C17H32O2. The van der Waals surface area contributed by atoms with E-state index in [1.165, 1.54) is 56.9 Å². The highest BCUT2D eigenvalue weighted by atomic mass is 16.5. The van der Waals surface area contributed by atoms with Crippen LogP contribution >= 0.6 is 0 Å². The summed E-state index contributed by atoms with van der Waals surface area (Å²) in [6.45, 7) is 6.76. The maximum absolute atomic E-state index is 11.5. The van der Waals surface area contributed by atoms with E-state index in [0.29, 0.717) is 6.61 Å². The third kappa shape index (κ3) is 12.0.